The van der Waals surface area contributed by atoms with Crippen LogP contribution in [0.4, 0.5) is 5.69 Å². The molecule has 0 aromatic heterocycles. The third-order valence-corrected chi connectivity index (χ3v) is 4.58. The third kappa shape index (κ3) is 2.78. The summed E-state index contributed by atoms with van der Waals surface area (Å²) in [4.78, 5) is 11.5. The summed E-state index contributed by atoms with van der Waals surface area (Å²) in [6.45, 7) is 3.64. The number of anilines is 1. The average Bonchev–Trinajstić information content (AvgIpc) is 2.38. The Morgan fingerprint density at radius 3 is 2.80 bits per heavy atom. The van der Waals surface area contributed by atoms with Gasteiger partial charge in [-0.3, -0.25) is 4.79 Å². The number of esters is 1. The number of halogens is 1. The quantitative estimate of drug-likeness (QED) is 0.651. The third-order valence-electron chi connectivity index (χ3n) is 4.24. The van der Waals surface area contributed by atoms with E-state index in [0.29, 0.717) is 16.6 Å². The molecule has 1 aliphatic rings. The highest BCUT2D eigenvalue weighted by atomic mass is 35.5. The van der Waals surface area contributed by atoms with E-state index >= 15 is 0 Å². The minimum Gasteiger partial charge on any atom is -0.454 e. The average molecular weight is 296 g/mol. The van der Waals surface area contributed by atoms with Crippen LogP contribution in [-0.2, 0) is 15.1 Å². The minimum absolute atomic E-state index is 0.236. The van der Waals surface area contributed by atoms with Crippen LogP contribution in [0, 0.1) is 5.92 Å². The van der Waals surface area contributed by atoms with Gasteiger partial charge in [0, 0.05) is 12.8 Å². The van der Waals surface area contributed by atoms with Gasteiger partial charge < -0.3 is 10.5 Å². The van der Waals surface area contributed by atoms with Gasteiger partial charge >= 0.3 is 5.97 Å². The summed E-state index contributed by atoms with van der Waals surface area (Å²) in [5.74, 6) is 0.145. The van der Waals surface area contributed by atoms with Gasteiger partial charge in [0.2, 0.25) is 0 Å². The predicted molar refractivity (Wildman–Crippen MR) is 81.6 cm³/mol. The Morgan fingerprint density at radius 2 is 2.30 bits per heavy atom. The van der Waals surface area contributed by atoms with E-state index in [0.717, 1.165) is 37.7 Å². The molecule has 0 saturated heterocycles. The van der Waals surface area contributed by atoms with Crippen molar-refractivity contribution in [1.82, 2.24) is 0 Å². The number of benzene rings is 1. The SMILES string of the molecule is CCCCC1CCC1(OC(C)=O)c1ccc(Cl)c(N)c1. The van der Waals surface area contributed by atoms with Gasteiger partial charge in [-0.2, -0.15) is 0 Å². The van der Waals surface area contributed by atoms with Crippen molar-refractivity contribution in [3.63, 3.8) is 0 Å². The topological polar surface area (TPSA) is 52.3 Å². The minimum atomic E-state index is -0.500. The van der Waals surface area contributed by atoms with Crippen LogP contribution in [-0.4, -0.2) is 5.97 Å². The van der Waals surface area contributed by atoms with Crippen molar-refractivity contribution in [2.24, 2.45) is 5.92 Å². The van der Waals surface area contributed by atoms with Crippen molar-refractivity contribution in [2.45, 2.75) is 51.6 Å². The second kappa shape index (κ2) is 6.04. The van der Waals surface area contributed by atoms with Crippen LogP contribution in [0.2, 0.25) is 5.02 Å². The molecule has 2 atom stereocenters. The fraction of sp³-hybridized carbons (Fsp3) is 0.562. The number of rotatable bonds is 5. The normalized spacial score (nSPS) is 25.1. The van der Waals surface area contributed by atoms with Gasteiger partial charge in [-0.25, -0.2) is 0 Å². The van der Waals surface area contributed by atoms with Gasteiger partial charge in [-0.05, 0) is 37.0 Å². The maximum atomic E-state index is 11.5. The maximum Gasteiger partial charge on any atom is 0.303 e. The van der Waals surface area contributed by atoms with E-state index in [-0.39, 0.29) is 5.97 Å². The Kier molecular flexibility index (Phi) is 4.59. The molecule has 0 heterocycles. The second-order valence-electron chi connectivity index (χ2n) is 5.60. The van der Waals surface area contributed by atoms with E-state index in [4.69, 9.17) is 22.1 Å². The van der Waals surface area contributed by atoms with Crippen LogP contribution in [0.1, 0.15) is 51.5 Å². The smallest absolute Gasteiger partial charge is 0.303 e. The molecule has 1 aromatic carbocycles. The van der Waals surface area contributed by atoms with Crippen molar-refractivity contribution in [2.75, 3.05) is 5.73 Å². The highest BCUT2D eigenvalue weighted by Gasteiger charge is 2.50. The van der Waals surface area contributed by atoms with Crippen LogP contribution in [0.5, 0.6) is 0 Å². The molecule has 2 rings (SSSR count). The van der Waals surface area contributed by atoms with Crippen molar-refractivity contribution < 1.29 is 9.53 Å². The van der Waals surface area contributed by atoms with Gasteiger partial charge in [0.05, 0.1) is 10.7 Å². The van der Waals surface area contributed by atoms with E-state index in [1.54, 1.807) is 6.07 Å². The number of hydrogen-bond donors (Lipinski definition) is 1. The number of carbonyl (C=O) groups excluding carboxylic acids is 1. The van der Waals surface area contributed by atoms with E-state index in [9.17, 15) is 4.79 Å². The van der Waals surface area contributed by atoms with Gasteiger partial charge in [0.15, 0.2) is 0 Å². The molecular formula is C16H22ClNO2. The van der Waals surface area contributed by atoms with E-state index in [1.165, 1.54) is 6.92 Å². The fourth-order valence-electron chi connectivity index (χ4n) is 3.08. The van der Waals surface area contributed by atoms with Crippen molar-refractivity contribution in [1.29, 1.82) is 0 Å². The first-order chi connectivity index (χ1) is 9.49. The standard InChI is InChI=1S/C16H22ClNO2/c1-3-4-5-12-8-9-16(12,20-11(2)19)13-6-7-14(17)15(18)10-13/h6-7,10,12H,3-5,8-9,18H2,1-2H3. The zero-order chi connectivity index (χ0) is 14.8. The van der Waals surface area contributed by atoms with Gasteiger partial charge in [-0.1, -0.05) is 37.4 Å². The fourth-order valence-corrected chi connectivity index (χ4v) is 3.19. The summed E-state index contributed by atoms with van der Waals surface area (Å²) in [5, 5.41) is 0.538. The largest absolute Gasteiger partial charge is 0.454 e. The molecule has 110 valence electrons. The van der Waals surface area contributed by atoms with Crippen LogP contribution in [0.15, 0.2) is 18.2 Å². The van der Waals surface area contributed by atoms with E-state index in [1.807, 2.05) is 12.1 Å². The first-order valence-corrected chi connectivity index (χ1v) is 7.62. The number of nitrogens with two attached hydrogens (primary N) is 1. The van der Waals surface area contributed by atoms with Gasteiger partial charge in [0.1, 0.15) is 5.60 Å². The Hall–Kier alpha value is -1.22. The first-order valence-electron chi connectivity index (χ1n) is 7.24. The van der Waals surface area contributed by atoms with E-state index in [2.05, 4.69) is 6.92 Å². The monoisotopic (exact) mass is 295 g/mol. The number of nitrogen functional groups attached to an aromatic ring is 1. The lowest BCUT2D eigenvalue weighted by Crippen LogP contribution is -2.47. The number of hydrogen-bond acceptors (Lipinski definition) is 3. The Morgan fingerprint density at radius 1 is 1.55 bits per heavy atom. The summed E-state index contributed by atoms with van der Waals surface area (Å²) in [6.07, 6.45) is 5.33. The molecule has 0 spiro atoms. The summed E-state index contributed by atoms with van der Waals surface area (Å²) in [7, 11) is 0. The molecule has 1 aromatic rings. The molecule has 20 heavy (non-hydrogen) atoms. The summed E-state index contributed by atoms with van der Waals surface area (Å²) >= 11 is 5.98. The Labute approximate surface area is 125 Å². The van der Waals surface area contributed by atoms with E-state index < -0.39 is 5.60 Å². The Balaban J connectivity index is 2.31. The number of unbranched alkanes of at least 4 members (excludes halogenated alkanes) is 1. The molecule has 2 N–H and O–H groups in total. The lowest BCUT2D eigenvalue weighted by Gasteiger charge is -2.49. The van der Waals surface area contributed by atoms with Gasteiger partial charge in [0.25, 0.3) is 0 Å². The molecule has 0 aliphatic heterocycles. The molecule has 0 radical (unpaired) electrons. The van der Waals surface area contributed by atoms with Crippen molar-refractivity contribution in [3.8, 4) is 0 Å². The molecule has 1 fully saturated rings. The zero-order valence-corrected chi connectivity index (χ0v) is 12.9. The van der Waals surface area contributed by atoms with Crippen LogP contribution < -0.4 is 5.73 Å². The molecule has 0 amide bonds. The van der Waals surface area contributed by atoms with Crippen molar-refractivity contribution in [3.05, 3.63) is 28.8 Å². The summed E-state index contributed by atoms with van der Waals surface area (Å²) in [5.41, 5.74) is 6.91. The molecule has 0 bridgehead atoms. The Bertz CT molecular complexity index is 503. The summed E-state index contributed by atoms with van der Waals surface area (Å²) < 4.78 is 5.73. The van der Waals surface area contributed by atoms with Crippen molar-refractivity contribution >= 4 is 23.3 Å². The predicted octanol–water partition coefficient (Wildman–Crippen LogP) is 4.28. The number of carbonyl (C=O) groups is 1. The molecule has 3 nitrogen and oxygen atoms in total. The molecule has 1 aliphatic carbocycles. The number of ether oxygens (including phenoxy) is 1. The highest BCUT2D eigenvalue weighted by molar-refractivity contribution is 6.33. The van der Waals surface area contributed by atoms with Crippen LogP contribution >= 0.6 is 11.6 Å². The molecular weight excluding hydrogens is 274 g/mol. The van der Waals surface area contributed by atoms with Crippen LogP contribution in [0.3, 0.4) is 0 Å². The second-order valence-corrected chi connectivity index (χ2v) is 6.00. The molecule has 4 heteroatoms. The lowest BCUT2D eigenvalue weighted by atomic mass is 9.63. The lowest BCUT2D eigenvalue weighted by molar-refractivity contribution is -0.184. The first kappa shape index (κ1) is 15.2. The van der Waals surface area contributed by atoms with Crippen LogP contribution in [0.25, 0.3) is 0 Å². The highest BCUT2D eigenvalue weighted by Crippen LogP contribution is 2.52. The van der Waals surface area contributed by atoms with Gasteiger partial charge in [-0.15, -0.1) is 0 Å². The summed E-state index contributed by atoms with van der Waals surface area (Å²) in [6, 6.07) is 5.57. The zero-order valence-electron chi connectivity index (χ0n) is 12.1. The maximum absolute atomic E-state index is 11.5. The molecule has 1 saturated carbocycles. The molecule has 2 unspecified atom stereocenters.